The van der Waals surface area contributed by atoms with Gasteiger partial charge in [-0.05, 0) is 49.9 Å². The molecule has 0 radical (unpaired) electrons. The Hall–Kier alpha value is -0.250. The van der Waals surface area contributed by atoms with Crippen LogP contribution in [0.25, 0.3) is 0 Å². The van der Waals surface area contributed by atoms with Gasteiger partial charge in [0, 0.05) is 0 Å². The average molecular weight is 292 g/mol. The fourth-order valence-electron chi connectivity index (χ4n) is 4.33. The van der Waals surface area contributed by atoms with Gasteiger partial charge in [-0.1, -0.05) is 32.6 Å². The van der Waals surface area contributed by atoms with Crippen molar-refractivity contribution >= 4 is 0 Å². The maximum Gasteiger partial charge on any atom is 0.391 e. The second-order valence-electron chi connectivity index (χ2n) is 6.76. The van der Waals surface area contributed by atoms with Crippen LogP contribution in [-0.2, 0) is 0 Å². The number of aliphatic hydroxyl groups is 1. The molecule has 20 heavy (non-hydrogen) atoms. The van der Waals surface area contributed by atoms with Crippen LogP contribution in [0.3, 0.4) is 0 Å². The van der Waals surface area contributed by atoms with E-state index >= 15 is 0 Å². The van der Waals surface area contributed by atoms with Gasteiger partial charge in [0.25, 0.3) is 0 Å². The second-order valence-corrected chi connectivity index (χ2v) is 6.76. The Morgan fingerprint density at radius 1 is 1.00 bits per heavy atom. The first-order valence-corrected chi connectivity index (χ1v) is 8.18. The van der Waals surface area contributed by atoms with Crippen LogP contribution < -0.4 is 0 Å². The lowest BCUT2D eigenvalue weighted by Gasteiger charge is -2.40. The Bertz CT molecular complexity index is 295. The van der Waals surface area contributed by atoms with E-state index in [9.17, 15) is 18.3 Å². The monoisotopic (exact) mass is 292 g/mol. The molecule has 0 heterocycles. The Kier molecular flexibility index (Phi) is 5.38. The minimum atomic E-state index is -4.05. The predicted molar refractivity (Wildman–Crippen MR) is 73.2 cm³/mol. The third kappa shape index (κ3) is 3.69. The molecule has 0 aromatic carbocycles. The highest BCUT2D eigenvalue weighted by molar-refractivity contribution is 4.87. The van der Waals surface area contributed by atoms with Crippen LogP contribution in [0.2, 0.25) is 0 Å². The quantitative estimate of drug-likeness (QED) is 0.781. The first-order valence-electron chi connectivity index (χ1n) is 8.18. The highest BCUT2D eigenvalue weighted by atomic mass is 19.4. The number of aliphatic hydroxyl groups excluding tert-OH is 1. The molecule has 3 unspecified atom stereocenters. The largest absolute Gasteiger partial charge is 0.393 e. The molecule has 2 aliphatic rings. The van der Waals surface area contributed by atoms with E-state index in [4.69, 9.17) is 0 Å². The molecular formula is C16H27F3O. The molecule has 2 fully saturated rings. The van der Waals surface area contributed by atoms with Crippen molar-refractivity contribution in [2.75, 3.05) is 0 Å². The van der Waals surface area contributed by atoms with Crippen LogP contribution in [0.15, 0.2) is 0 Å². The summed E-state index contributed by atoms with van der Waals surface area (Å²) in [7, 11) is 0. The zero-order chi connectivity index (χ0) is 14.8. The molecular weight excluding hydrogens is 265 g/mol. The van der Waals surface area contributed by atoms with Crippen molar-refractivity contribution in [3.8, 4) is 0 Å². The summed E-state index contributed by atoms with van der Waals surface area (Å²) in [6.07, 6.45) is 2.77. The van der Waals surface area contributed by atoms with Gasteiger partial charge in [-0.25, -0.2) is 0 Å². The van der Waals surface area contributed by atoms with E-state index in [0.29, 0.717) is 24.7 Å². The third-order valence-electron chi connectivity index (χ3n) is 5.65. The van der Waals surface area contributed by atoms with E-state index in [1.807, 2.05) is 0 Å². The lowest BCUT2D eigenvalue weighted by Crippen LogP contribution is -2.39. The molecule has 0 aromatic rings. The van der Waals surface area contributed by atoms with Crippen molar-refractivity contribution in [2.45, 2.75) is 77.0 Å². The Morgan fingerprint density at radius 2 is 1.60 bits per heavy atom. The molecule has 0 aliphatic heterocycles. The third-order valence-corrected chi connectivity index (χ3v) is 5.65. The minimum absolute atomic E-state index is 0.0887. The van der Waals surface area contributed by atoms with Crippen molar-refractivity contribution in [3.63, 3.8) is 0 Å². The van der Waals surface area contributed by atoms with Gasteiger partial charge in [0.05, 0.1) is 12.0 Å². The van der Waals surface area contributed by atoms with Gasteiger partial charge < -0.3 is 5.11 Å². The molecule has 4 heteroatoms. The summed E-state index contributed by atoms with van der Waals surface area (Å²) in [6, 6.07) is 0. The SMILES string of the molecule is CCC1CCCCC1C(O)C1CCC(C(F)(F)F)CC1. The molecule has 2 saturated carbocycles. The molecule has 1 nitrogen and oxygen atoms in total. The molecule has 1 N–H and O–H groups in total. The second kappa shape index (κ2) is 6.67. The Balaban J connectivity index is 1.89. The van der Waals surface area contributed by atoms with E-state index < -0.39 is 12.1 Å². The van der Waals surface area contributed by atoms with Gasteiger partial charge in [0.15, 0.2) is 0 Å². The van der Waals surface area contributed by atoms with Crippen molar-refractivity contribution in [1.29, 1.82) is 0 Å². The van der Waals surface area contributed by atoms with E-state index in [-0.39, 0.29) is 24.9 Å². The van der Waals surface area contributed by atoms with E-state index in [1.54, 1.807) is 0 Å². The summed E-state index contributed by atoms with van der Waals surface area (Å²) in [5.41, 5.74) is 0. The highest BCUT2D eigenvalue weighted by Crippen LogP contribution is 2.44. The summed E-state index contributed by atoms with van der Waals surface area (Å²) >= 11 is 0. The molecule has 3 atom stereocenters. The molecule has 0 aromatic heterocycles. The van der Waals surface area contributed by atoms with Crippen molar-refractivity contribution in [1.82, 2.24) is 0 Å². The number of halogens is 3. The van der Waals surface area contributed by atoms with Gasteiger partial charge >= 0.3 is 6.18 Å². The maximum absolute atomic E-state index is 12.7. The molecule has 2 aliphatic carbocycles. The molecule has 2 rings (SSSR count). The van der Waals surface area contributed by atoms with Crippen LogP contribution in [-0.4, -0.2) is 17.4 Å². The zero-order valence-corrected chi connectivity index (χ0v) is 12.3. The van der Waals surface area contributed by atoms with Gasteiger partial charge in [-0.15, -0.1) is 0 Å². The first-order chi connectivity index (χ1) is 9.43. The number of hydrogen-bond acceptors (Lipinski definition) is 1. The zero-order valence-electron chi connectivity index (χ0n) is 12.3. The molecule has 0 saturated heterocycles. The smallest absolute Gasteiger partial charge is 0.391 e. The minimum Gasteiger partial charge on any atom is -0.393 e. The Morgan fingerprint density at radius 3 is 2.15 bits per heavy atom. The van der Waals surface area contributed by atoms with Crippen molar-refractivity contribution in [2.24, 2.45) is 23.7 Å². The summed E-state index contributed by atoms with van der Waals surface area (Å²) in [5.74, 6) is -0.162. The predicted octanol–water partition coefficient (Wildman–Crippen LogP) is 4.93. The summed E-state index contributed by atoms with van der Waals surface area (Å²) in [4.78, 5) is 0. The van der Waals surface area contributed by atoms with Crippen LogP contribution in [0.5, 0.6) is 0 Å². The highest BCUT2D eigenvalue weighted by Gasteiger charge is 2.43. The lowest BCUT2D eigenvalue weighted by molar-refractivity contribution is -0.186. The number of rotatable bonds is 3. The molecule has 0 bridgehead atoms. The van der Waals surface area contributed by atoms with E-state index in [1.165, 1.54) is 12.8 Å². The van der Waals surface area contributed by atoms with Gasteiger partial charge in [0.2, 0.25) is 0 Å². The maximum atomic E-state index is 12.7. The average Bonchev–Trinajstić information content (AvgIpc) is 2.45. The van der Waals surface area contributed by atoms with Crippen LogP contribution in [0.1, 0.15) is 64.7 Å². The van der Waals surface area contributed by atoms with Crippen LogP contribution in [0.4, 0.5) is 13.2 Å². The van der Waals surface area contributed by atoms with Crippen LogP contribution >= 0.6 is 0 Å². The number of alkyl halides is 3. The fraction of sp³-hybridized carbons (Fsp3) is 1.00. The van der Waals surface area contributed by atoms with E-state index in [2.05, 4.69) is 6.92 Å². The molecule has 0 amide bonds. The Labute approximate surface area is 119 Å². The van der Waals surface area contributed by atoms with E-state index in [0.717, 1.165) is 19.3 Å². The fourth-order valence-corrected chi connectivity index (χ4v) is 4.33. The van der Waals surface area contributed by atoms with Crippen molar-refractivity contribution < 1.29 is 18.3 Å². The summed E-state index contributed by atoms with van der Waals surface area (Å²) in [6.45, 7) is 2.16. The van der Waals surface area contributed by atoms with Crippen LogP contribution in [0, 0.1) is 23.7 Å². The normalized spacial score (nSPS) is 37.6. The van der Waals surface area contributed by atoms with Gasteiger partial charge in [-0.3, -0.25) is 0 Å². The first kappa shape index (κ1) is 16.1. The summed E-state index contributed by atoms with van der Waals surface area (Å²) < 4.78 is 38.0. The molecule has 118 valence electrons. The number of hydrogen-bond donors (Lipinski definition) is 1. The van der Waals surface area contributed by atoms with Gasteiger partial charge in [-0.2, -0.15) is 13.2 Å². The molecule has 0 spiro atoms. The van der Waals surface area contributed by atoms with Gasteiger partial charge in [0.1, 0.15) is 0 Å². The summed E-state index contributed by atoms with van der Waals surface area (Å²) in [5, 5.41) is 10.6. The topological polar surface area (TPSA) is 20.2 Å². The van der Waals surface area contributed by atoms with Crippen molar-refractivity contribution in [3.05, 3.63) is 0 Å². The lowest BCUT2D eigenvalue weighted by atomic mass is 9.68. The standard InChI is InChI=1S/C16H27F3O/c1-2-11-5-3-4-6-14(11)15(20)12-7-9-13(10-8-12)16(17,18)19/h11-15,20H,2-10H2,1H3.